The number of nitrogens with zero attached hydrogens (tertiary/aromatic N) is 1. The Morgan fingerprint density at radius 2 is 2.00 bits per heavy atom. The lowest BCUT2D eigenvalue weighted by molar-refractivity contribution is -0.136. The molecule has 0 aliphatic carbocycles. The summed E-state index contributed by atoms with van der Waals surface area (Å²) in [6.45, 7) is 4.39. The molecule has 1 aromatic heterocycles. The Labute approximate surface area is 112 Å². The lowest BCUT2D eigenvalue weighted by Gasteiger charge is -2.05. The van der Waals surface area contributed by atoms with Gasteiger partial charge in [0, 0.05) is 0 Å². The van der Waals surface area contributed by atoms with E-state index in [1.807, 2.05) is 12.1 Å². The van der Waals surface area contributed by atoms with Crippen molar-refractivity contribution in [2.24, 2.45) is 5.92 Å². The summed E-state index contributed by atoms with van der Waals surface area (Å²) >= 11 is 0. The highest BCUT2D eigenvalue weighted by molar-refractivity contribution is 5.69. The Morgan fingerprint density at radius 3 is 2.58 bits per heavy atom. The highest BCUT2D eigenvalue weighted by atomic mass is 16.4. The monoisotopic (exact) mass is 258 g/mol. The van der Waals surface area contributed by atoms with Crippen LogP contribution in [-0.2, 0) is 17.6 Å². The first kappa shape index (κ1) is 13.3. The summed E-state index contributed by atoms with van der Waals surface area (Å²) in [5.41, 5.74) is 3.19. The van der Waals surface area contributed by atoms with E-state index in [0.717, 1.165) is 17.7 Å². The maximum atomic E-state index is 10.6. The molecule has 0 aliphatic rings. The summed E-state index contributed by atoms with van der Waals surface area (Å²) in [6.07, 6.45) is 2.66. The van der Waals surface area contributed by atoms with Crippen LogP contribution in [0.5, 0.6) is 0 Å². The first-order chi connectivity index (χ1) is 9.04. The van der Waals surface area contributed by atoms with E-state index in [-0.39, 0.29) is 6.42 Å². The van der Waals surface area contributed by atoms with Crippen LogP contribution in [0.2, 0.25) is 0 Å². The van der Waals surface area contributed by atoms with Crippen molar-refractivity contribution in [3.63, 3.8) is 0 Å². The number of rotatable bonds is 5. The standard InChI is InChI=1S/C15H18N2O2/c1-10(2)7-11-3-5-12(6-4-11)13-9-16-14(17-13)8-15(18)19/h3-6,9-10H,7-8H2,1-2H3,(H,16,17)(H,18,19). The molecule has 0 unspecified atom stereocenters. The zero-order chi connectivity index (χ0) is 13.8. The first-order valence-electron chi connectivity index (χ1n) is 6.39. The molecule has 100 valence electrons. The summed E-state index contributed by atoms with van der Waals surface area (Å²) in [5.74, 6) is 0.238. The van der Waals surface area contributed by atoms with Gasteiger partial charge in [-0.25, -0.2) is 4.98 Å². The van der Waals surface area contributed by atoms with Crippen molar-refractivity contribution in [2.45, 2.75) is 26.7 Å². The minimum atomic E-state index is -0.881. The van der Waals surface area contributed by atoms with Crippen LogP contribution in [0.15, 0.2) is 30.5 Å². The van der Waals surface area contributed by atoms with E-state index in [1.165, 1.54) is 5.56 Å². The van der Waals surface area contributed by atoms with Crippen LogP contribution in [-0.4, -0.2) is 21.0 Å². The second-order valence-corrected chi connectivity index (χ2v) is 5.11. The van der Waals surface area contributed by atoms with Crippen molar-refractivity contribution in [2.75, 3.05) is 0 Å². The third-order valence-electron chi connectivity index (χ3n) is 2.86. The molecule has 4 heteroatoms. The van der Waals surface area contributed by atoms with Crippen LogP contribution in [0.4, 0.5) is 0 Å². The topological polar surface area (TPSA) is 66.0 Å². The van der Waals surface area contributed by atoms with Gasteiger partial charge in [0.1, 0.15) is 12.2 Å². The smallest absolute Gasteiger partial charge is 0.311 e. The van der Waals surface area contributed by atoms with Gasteiger partial charge in [-0.3, -0.25) is 4.79 Å². The largest absolute Gasteiger partial charge is 0.481 e. The molecule has 2 rings (SSSR count). The molecule has 0 saturated heterocycles. The van der Waals surface area contributed by atoms with Crippen molar-refractivity contribution in [3.8, 4) is 11.3 Å². The Morgan fingerprint density at radius 1 is 1.32 bits per heavy atom. The van der Waals surface area contributed by atoms with Gasteiger partial charge >= 0.3 is 5.97 Å². The number of hydrogen-bond acceptors (Lipinski definition) is 2. The highest BCUT2D eigenvalue weighted by Gasteiger charge is 2.07. The number of carboxylic acids is 1. The third-order valence-corrected chi connectivity index (χ3v) is 2.86. The molecular formula is C15H18N2O2. The van der Waals surface area contributed by atoms with Gasteiger partial charge in [-0.05, 0) is 23.5 Å². The molecule has 4 nitrogen and oxygen atoms in total. The minimum absolute atomic E-state index is 0.0779. The van der Waals surface area contributed by atoms with Crippen LogP contribution < -0.4 is 0 Å². The predicted octanol–water partition coefficient (Wildman–Crippen LogP) is 2.90. The number of aromatic nitrogens is 2. The zero-order valence-electron chi connectivity index (χ0n) is 11.2. The van der Waals surface area contributed by atoms with Crippen molar-refractivity contribution in [1.82, 2.24) is 9.97 Å². The molecule has 0 bridgehead atoms. The molecule has 0 amide bonds. The number of hydrogen-bond donors (Lipinski definition) is 2. The van der Waals surface area contributed by atoms with Gasteiger partial charge in [0.2, 0.25) is 0 Å². The predicted molar refractivity (Wildman–Crippen MR) is 73.9 cm³/mol. The molecule has 19 heavy (non-hydrogen) atoms. The molecule has 2 N–H and O–H groups in total. The average molecular weight is 258 g/mol. The second kappa shape index (κ2) is 5.69. The Hall–Kier alpha value is -2.10. The first-order valence-corrected chi connectivity index (χ1v) is 6.39. The minimum Gasteiger partial charge on any atom is -0.481 e. The van der Waals surface area contributed by atoms with E-state index in [1.54, 1.807) is 6.20 Å². The summed E-state index contributed by atoms with van der Waals surface area (Å²) < 4.78 is 0. The fourth-order valence-electron chi connectivity index (χ4n) is 2.03. The average Bonchev–Trinajstić information content (AvgIpc) is 2.76. The molecule has 0 radical (unpaired) electrons. The Bertz CT molecular complexity index is 556. The van der Waals surface area contributed by atoms with E-state index < -0.39 is 5.97 Å². The van der Waals surface area contributed by atoms with Crippen LogP contribution >= 0.6 is 0 Å². The number of aliphatic carboxylic acids is 1. The molecule has 1 heterocycles. The lowest BCUT2D eigenvalue weighted by Crippen LogP contribution is -2.01. The van der Waals surface area contributed by atoms with E-state index in [9.17, 15) is 4.79 Å². The molecule has 0 fully saturated rings. The lowest BCUT2D eigenvalue weighted by atomic mass is 10.0. The molecule has 0 saturated carbocycles. The molecular weight excluding hydrogens is 240 g/mol. The second-order valence-electron chi connectivity index (χ2n) is 5.11. The molecule has 1 aromatic carbocycles. The van der Waals surface area contributed by atoms with Gasteiger partial charge in [0.15, 0.2) is 0 Å². The zero-order valence-corrected chi connectivity index (χ0v) is 11.2. The van der Waals surface area contributed by atoms with Crippen molar-refractivity contribution < 1.29 is 9.90 Å². The molecule has 2 aromatic rings. The molecule has 0 spiro atoms. The molecule has 0 aliphatic heterocycles. The van der Waals surface area contributed by atoms with E-state index >= 15 is 0 Å². The molecule has 0 atom stereocenters. The normalized spacial score (nSPS) is 10.9. The highest BCUT2D eigenvalue weighted by Crippen LogP contribution is 2.19. The summed E-state index contributed by atoms with van der Waals surface area (Å²) in [7, 11) is 0. The maximum absolute atomic E-state index is 10.6. The van der Waals surface area contributed by atoms with E-state index in [2.05, 4.69) is 35.9 Å². The fourth-order valence-corrected chi connectivity index (χ4v) is 2.03. The summed E-state index contributed by atoms with van der Waals surface area (Å²) in [4.78, 5) is 17.7. The van der Waals surface area contributed by atoms with Gasteiger partial charge in [0.25, 0.3) is 0 Å². The van der Waals surface area contributed by atoms with Gasteiger partial charge < -0.3 is 10.1 Å². The van der Waals surface area contributed by atoms with Crippen LogP contribution in [0, 0.1) is 5.92 Å². The van der Waals surface area contributed by atoms with Gasteiger partial charge in [0.05, 0.1) is 11.9 Å². The Balaban J connectivity index is 2.13. The van der Waals surface area contributed by atoms with Crippen molar-refractivity contribution in [3.05, 3.63) is 41.9 Å². The number of aromatic amines is 1. The van der Waals surface area contributed by atoms with E-state index in [4.69, 9.17) is 5.11 Å². The van der Waals surface area contributed by atoms with Gasteiger partial charge in [-0.1, -0.05) is 38.1 Å². The summed E-state index contributed by atoms with van der Waals surface area (Å²) in [5, 5.41) is 8.71. The van der Waals surface area contributed by atoms with Crippen molar-refractivity contribution >= 4 is 5.97 Å². The van der Waals surface area contributed by atoms with Gasteiger partial charge in [-0.2, -0.15) is 0 Å². The summed E-state index contributed by atoms with van der Waals surface area (Å²) in [6, 6.07) is 8.28. The fraction of sp³-hybridized carbons (Fsp3) is 0.333. The van der Waals surface area contributed by atoms with Crippen LogP contribution in [0.25, 0.3) is 11.3 Å². The Kier molecular flexibility index (Phi) is 4.00. The number of carbonyl (C=O) groups is 1. The quantitative estimate of drug-likeness (QED) is 0.866. The van der Waals surface area contributed by atoms with Crippen molar-refractivity contribution in [1.29, 1.82) is 0 Å². The number of H-pyrrole nitrogens is 1. The third kappa shape index (κ3) is 3.68. The number of imidazole rings is 1. The van der Waals surface area contributed by atoms with Crippen LogP contribution in [0.3, 0.4) is 0 Å². The maximum Gasteiger partial charge on any atom is 0.311 e. The number of carboxylic acid groups (broad SMARTS) is 1. The van der Waals surface area contributed by atoms with Crippen LogP contribution in [0.1, 0.15) is 25.2 Å². The van der Waals surface area contributed by atoms with E-state index in [0.29, 0.717) is 11.7 Å². The SMILES string of the molecule is CC(C)Cc1ccc(-c2cnc(CC(=O)O)[nH]2)cc1. The van der Waals surface area contributed by atoms with Gasteiger partial charge in [-0.15, -0.1) is 0 Å². The number of benzene rings is 1. The number of nitrogens with one attached hydrogen (secondary N) is 1.